The molecule has 0 N–H and O–H groups in total. The summed E-state index contributed by atoms with van der Waals surface area (Å²) in [4.78, 5) is 30.8. The summed E-state index contributed by atoms with van der Waals surface area (Å²) in [6, 6.07) is 77.1. The predicted octanol–water partition coefficient (Wildman–Crippen LogP) is 15.1. The Morgan fingerprint density at radius 3 is 1.12 bits per heavy atom. The van der Waals surface area contributed by atoms with Gasteiger partial charge in [-0.25, -0.2) is 29.9 Å². The van der Waals surface area contributed by atoms with Crippen molar-refractivity contribution in [3.63, 3.8) is 0 Å². The molecule has 2 atom stereocenters. The topological polar surface area (TPSA) is 77.3 Å². The zero-order valence-electron chi connectivity index (χ0n) is 37.0. The summed E-state index contributed by atoms with van der Waals surface area (Å²) < 4.78 is 2.58. The maximum Gasteiger partial charge on any atom is 0.164 e. The third-order valence-electron chi connectivity index (χ3n) is 13.8. The van der Waals surface area contributed by atoms with E-state index in [9.17, 15) is 0 Å². The van der Waals surface area contributed by atoms with Gasteiger partial charge in [-0.1, -0.05) is 188 Å². The van der Waals surface area contributed by atoms with Gasteiger partial charge in [0.05, 0.1) is 0 Å². The highest BCUT2D eigenvalue weighted by Gasteiger charge is 2.41. The van der Waals surface area contributed by atoms with Crippen molar-refractivity contribution in [3.05, 3.63) is 252 Å². The Bertz CT molecular complexity index is 3920. The van der Waals surface area contributed by atoms with E-state index < -0.39 is 0 Å². The first-order chi connectivity index (χ1) is 34.2. The molecule has 0 spiro atoms. The summed E-state index contributed by atoms with van der Waals surface area (Å²) in [5.41, 5.74) is 15.8. The Hall–Kier alpha value is -8.78. The molecule has 0 radical (unpaired) electrons. The maximum absolute atomic E-state index is 5.28. The fourth-order valence-corrected chi connectivity index (χ4v) is 11.7. The van der Waals surface area contributed by atoms with Gasteiger partial charge in [-0.15, -0.1) is 11.3 Å². The van der Waals surface area contributed by atoms with Gasteiger partial charge in [0.25, 0.3) is 0 Å². The summed E-state index contributed by atoms with van der Waals surface area (Å²) in [7, 11) is 0. The molecular weight excluding hydrogens is 861 g/mol. The maximum atomic E-state index is 5.28. The van der Waals surface area contributed by atoms with E-state index in [1.165, 1.54) is 53.6 Å². The molecule has 7 heteroatoms. The predicted molar refractivity (Wildman–Crippen MR) is 279 cm³/mol. The summed E-state index contributed by atoms with van der Waals surface area (Å²) in [5, 5.41) is 2.59. The van der Waals surface area contributed by atoms with Crippen molar-refractivity contribution < 1.29 is 0 Å². The molecule has 0 saturated carbocycles. The number of fused-ring (bicyclic) bond motifs is 3. The van der Waals surface area contributed by atoms with Gasteiger partial charge in [0.1, 0.15) is 0 Å². The molecule has 322 valence electrons. The smallest absolute Gasteiger partial charge is 0.164 e. The molecule has 3 aliphatic carbocycles. The third-order valence-corrected chi connectivity index (χ3v) is 14.9. The molecule has 69 heavy (non-hydrogen) atoms. The van der Waals surface area contributed by atoms with Crippen LogP contribution in [0.3, 0.4) is 0 Å². The second-order valence-corrected chi connectivity index (χ2v) is 18.9. The Labute approximate surface area is 402 Å². The van der Waals surface area contributed by atoms with Gasteiger partial charge in [0.15, 0.2) is 34.9 Å². The first-order valence-corrected chi connectivity index (χ1v) is 24.1. The van der Waals surface area contributed by atoms with Crippen LogP contribution in [0.1, 0.15) is 45.2 Å². The number of benzene rings is 9. The molecule has 2 bridgehead atoms. The number of hydrogen-bond donors (Lipinski definition) is 0. The van der Waals surface area contributed by atoms with E-state index in [0.29, 0.717) is 34.9 Å². The minimum Gasteiger partial charge on any atom is -0.208 e. The Morgan fingerprint density at radius 2 is 0.594 bits per heavy atom. The van der Waals surface area contributed by atoms with Crippen LogP contribution >= 0.6 is 11.3 Å². The van der Waals surface area contributed by atoms with Gasteiger partial charge in [-0.05, 0) is 74.8 Å². The molecule has 6 nitrogen and oxygen atoms in total. The van der Waals surface area contributed by atoms with E-state index in [-0.39, 0.29) is 11.8 Å². The van der Waals surface area contributed by atoms with Crippen molar-refractivity contribution in [1.82, 2.24) is 29.9 Å². The molecule has 12 aromatic rings. The highest BCUT2D eigenvalue weighted by Crippen LogP contribution is 2.56. The van der Waals surface area contributed by atoms with E-state index in [1.807, 2.05) is 90.2 Å². The Morgan fingerprint density at radius 1 is 0.232 bits per heavy atom. The minimum atomic E-state index is 0.0215. The van der Waals surface area contributed by atoms with E-state index in [4.69, 9.17) is 29.9 Å². The lowest BCUT2D eigenvalue weighted by molar-refractivity contribution is 0.754. The lowest BCUT2D eigenvalue weighted by Gasteiger charge is -2.42. The van der Waals surface area contributed by atoms with E-state index >= 15 is 0 Å². The molecule has 0 amide bonds. The molecule has 0 saturated heterocycles. The summed E-state index contributed by atoms with van der Waals surface area (Å²) in [5.74, 6) is 3.91. The van der Waals surface area contributed by atoms with Crippen LogP contribution in [0.2, 0.25) is 0 Å². The quantitative estimate of drug-likeness (QED) is 0.159. The zero-order valence-corrected chi connectivity index (χ0v) is 37.8. The lowest BCUT2D eigenvalue weighted by Crippen LogP contribution is -2.27. The van der Waals surface area contributed by atoms with Crippen molar-refractivity contribution in [3.8, 4) is 79.5 Å². The van der Waals surface area contributed by atoms with Gasteiger partial charge in [-0.3, -0.25) is 0 Å². The van der Waals surface area contributed by atoms with E-state index in [1.54, 1.807) is 0 Å². The van der Waals surface area contributed by atoms with Crippen molar-refractivity contribution in [2.75, 3.05) is 0 Å². The van der Waals surface area contributed by atoms with Crippen LogP contribution in [0, 0.1) is 0 Å². The number of thiophene rings is 1. The lowest BCUT2D eigenvalue weighted by atomic mass is 9.61. The van der Waals surface area contributed by atoms with Crippen molar-refractivity contribution >= 4 is 31.5 Å². The van der Waals surface area contributed by atoms with Crippen molar-refractivity contribution in [2.24, 2.45) is 0 Å². The Balaban J connectivity index is 0.871. The van der Waals surface area contributed by atoms with Crippen LogP contribution in [-0.2, 0) is 0 Å². The van der Waals surface area contributed by atoms with Crippen LogP contribution in [0.15, 0.2) is 218 Å². The van der Waals surface area contributed by atoms with Crippen LogP contribution < -0.4 is 0 Å². The molecular formula is C62H38N6S. The standard InChI is InChI=1S/C62H38N6S/c1-4-15-37(16-5-1)57-63-58(38-17-6-2-7-18-38)66-61(65-57)43-28-31-49-51(34-43)55-47-24-10-11-25-48(47)56(49)52-35-44(29-32-50(52)55)62-67-59(39-19-8-3-9-20-39)64-60(68-62)42-22-14-21-40(33-42)41-27-30-46-45-23-12-13-26-53(45)69-54(46)36-41/h1-36,55-56H. The largest absolute Gasteiger partial charge is 0.208 e. The molecule has 3 aliphatic rings. The zero-order chi connectivity index (χ0) is 45.4. The number of aromatic nitrogens is 6. The third kappa shape index (κ3) is 6.69. The highest BCUT2D eigenvalue weighted by atomic mass is 32.1. The highest BCUT2D eigenvalue weighted by molar-refractivity contribution is 7.25. The average molecular weight is 899 g/mol. The van der Waals surface area contributed by atoms with Gasteiger partial charge in [-0.2, -0.15) is 0 Å². The van der Waals surface area contributed by atoms with Crippen LogP contribution in [0.5, 0.6) is 0 Å². The fraction of sp³-hybridized carbons (Fsp3) is 0.0323. The second kappa shape index (κ2) is 15.9. The van der Waals surface area contributed by atoms with Crippen molar-refractivity contribution in [1.29, 1.82) is 0 Å². The van der Waals surface area contributed by atoms with Gasteiger partial charge in [0, 0.05) is 65.4 Å². The monoisotopic (exact) mass is 898 g/mol. The second-order valence-electron chi connectivity index (χ2n) is 17.8. The Kier molecular flexibility index (Phi) is 9.10. The number of hydrogen-bond acceptors (Lipinski definition) is 7. The average Bonchev–Trinajstić information content (AvgIpc) is 3.81. The molecule has 0 fully saturated rings. The molecule has 3 aromatic heterocycles. The van der Waals surface area contributed by atoms with Crippen molar-refractivity contribution in [2.45, 2.75) is 11.8 Å². The molecule has 3 heterocycles. The fourth-order valence-electron chi connectivity index (χ4n) is 10.5. The summed E-state index contributed by atoms with van der Waals surface area (Å²) in [6.45, 7) is 0. The molecule has 2 unspecified atom stereocenters. The van der Waals surface area contributed by atoms with Gasteiger partial charge >= 0.3 is 0 Å². The first kappa shape index (κ1) is 39.4. The summed E-state index contributed by atoms with van der Waals surface area (Å²) >= 11 is 1.84. The van der Waals surface area contributed by atoms with Crippen LogP contribution in [0.25, 0.3) is 99.6 Å². The molecule has 0 aliphatic heterocycles. The van der Waals surface area contributed by atoms with E-state index in [2.05, 4.69) is 140 Å². The minimum absolute atomic E-state index is 0.0215. The van der Waals surface area contributed by atoms with Crippen LogP contribution in [0.4, 0.5) is 0 Å². The normalized spacial score (nSPS) is 14.4. The first-order valence-electron chi connectivity index (χ1n) is 23.2. The van der Waals surface area contributed by atoms with Gasteiger partial charge in [0.2, 0.25) is 0 Å². The number of nitrogens with zero attached hydrogens (tertiary/aromatic N) is 6. The molecule has 15 rings (SSSR count). The van der Waals surface area contributed by atoms with Crippen LogP contribution in [-0.4, -0.2) is 29.9 Å². The molecule has 9 aromatic carbocycles. The summed E-state index contributed by atoms with van der Waals surface area (Å²) in [6.07, 6.45) is 0. The number of rotatable bonds is 7. The SMILES string of the molecule is c1ccc(-c2nc(-c3ccccc3)nc(-c3ccc4c(c3)C3c5ccccc5C4c4cc(-c5nc(-c6ccccc6)nc(-c6cccc(-c7ccc8c(c7)sc7ccccc78)c6)n5)ccc43)n2)cc1. The van der Waals surface area contributed by atoms with Gasteiger partial charge < -0.3 is 0 Å². The van der Waals surface area contributed by atoms with E-state index in [0.717, 1.165) is 44.5 Å².